The van der Waals surface area contributed by atoms with E-state index in [2.05, 4.69) is 20.8 Å². The number of carbonyl (C=O) groups excluding carboxylic acids is 2. The zero-order valence-corrected chi connectivity index (χ0v) is 16.4. The van der Waals surface area contributed by atoms with E-state index in [1.807, 2.05) is 31.2 Å². The second-order valence-electron chi connectivity index (χ2n) is 6.02. The van der Waals surface area contributed by atoms with E-state index in [0.29, 0.717) is 28.0 Å². The van der Waals surface area contributed by atoms with E-state index in [-0.39, 0.29) is 12.3 Å². The predicted octanol–water partition coefficient (Wildman–Crippen LogP) is 3.95. The molecular weight excluding hydrogens is 376 g/mol. The molecule has 3 aromatic rings. The number of nitrogens with zero attached hydrogens (tertiary/aromatic N) is 2. The van der Waals surface area contributed by atoms with Crippen LogP contribution in [-0.2, 0) is 16.0 Å². The average Bonchev–Trinajstić information content (AvgIpc) is 3.08. The number of esters is 1. The number of benzene rings is 2. The molecule has 0 bridgehead atoms. The zero-order valence-electron chi connectivity index (χ0n) is 15.6. The van der Waals surface area contributed by atoms with Crippen molar-refractivity contribution < 1.29 is 14.3 Å². The van der Waals surface area contributed by atoms with Crippen LogP contribution in [-0.4, -0.2) is 28.7 Å². The molecule has 1 heterocycles. The van der Waals surface area contributed by atoms with Crippen LogP contribution in [0.2, 0.25) is 0 Å². The zero-order chi connectivity index (χ0) is 19.9. The molecule has 7 nitrogen and oxygen atoms in total. The number of hydrogen-bond acceptors (Lipinski definition) is 7. The SMILES string of the molecule is CCOC(=O)c1cccc(NC(=O)Cc2nnc(Nc3cccc(C)c3)s2)c1. The molecule has 3 rings (SSSR count). The molecule has 0 aliphatic heterocycles. The van der Waals surface area contributed by atoms with Crippen molar-refractivity contribution in [3.8, 4) is 0 Å². The normalized spacial score (nSPS) is 10.4. The Labute approximate surface area is 166 Å². The number of hydrogen-bond donors (Lipinski definition) is 2. The van der Waals surface area contributed by atoms with E-state index in [1.54, 1.807) is 31.2 Å². The minimum atomic E-state index is -0.422. The van der Waals surface area contributed by atoms with E-state index in [1.165, 1.54) is 11.3 Å². The van der Waals surface area contributed by atoms with Gasteiger partial charge in [-0.3, -0.25) is 4.79 Å². The Kier molecular flexibility index (Phi) is 6.33. The summed E-state index contributed by atoms with van der Waals surface area (Å²) >= 11 is 1.32. The maximum atomic E-state index is 12.3. The molecule has 0 saturated carbocycles. The van der Waals surface area contributed by atoms with Gasteiger partial charge in [-0.2, -0.15) is 0 Å². The van der Waals surface area contributed by atoms with Crippen LogP contribution in [0.1, 0.15) is 27.9 Å². The first kappa shape index (κ1) is 19.5. The minimum Gasteiger partial charge on any atom is -0.462 e. The number of aromatic nitrogens is 2. The Morgan fingerprint density at radius 2 is 1.86 bits per heavy atom. The summed E-state index contributed by atoms with van der Waals surface area (Å²) in [5.41, 5.74) is 2.97. The summed E-state index contributed by atoms with van der Waals surface area (Å²) < 4.78 is 4.97. The first-order valence-corrected chi connectivity index (χ1v) is 9.58. The third kappa shape index (κ3) is 5.37. The molecule has 144 valence electrons. The lowest BCUT2D eigenvalue weighted by molar-refractivity contribution is -0.115. The summed E-state index contributed by atoms with van der Waals surface area (Å²) in [5, 5.41) is 15.3. The molecule has 2 N–H and O–H groups in total. The number of rotatable bonds is 7. The quantitative estimate of drug-likeness (QED) is 0.588. The summed E-state index contributed by atoms with van der Waals surface area (Å²) in [4.78, 5) is 24.1. The molecule has 1 amide bonds. The van der Waals surface area contributed by atoms with Gasteiger partial charge < -0.3 is 15.4 Å². The predicted molar refractivity (Wildman–Crippen MR) is 109 cm³/mol. The highest BCUT2D eigenvalue weighted by Crippen LogP contribution is 2.22. The minimum absolute atomic E-state index is 0.0940. The molecule has 0 spiro atoms. The lowest BCUT2D eigenvalue weighted by Crippen LogP contribution is -2.15. The molecule has 8 heteroatoms. The van der Waals surface area contributed by atoms with E-state index in [0.717, 1.165) is 11.3 Å². The summed E-state index contributed by atoms with van der Waals surface area (Å²) in [6, 6.07) is 14.5. The van der Waals surface area contributed by atoms with Gasteiger partial charge in [0.05, 0.1) is 18.6 Å². The highest BCUT2D eigenvalue weighted by atomic mass is 32.1. The van der Waals surface area contributed by atoms with Gasteiger partial charge in [-0.15, -0.1) is 10.2 Å². The van der Waals surface area contributed by atoms with Crippen molar-refractivity contribution in [2.75, 3.05) is 17.2 Å². The summed E-state index contributed by atoms with van der Waals surface area (Å²) in [6.45, 7) is 4.05. The molecule has 0 aliphatic carbocycles. The number of amides is 1. The van der Waals surface area contributed by atoms with Gasteiger partial charge in [0.1, 0.15) is 5.01 Å². The van der Waals surface area contributed by atoms with E-state index in [4.69, 9.17) is 4.74 Å². The van der Waals surface area contributed by atoms with Gasteiger partial charge in [0, 0.05) is 11.4 Å². The van der Waals surface area contributed by atoms with Crippen molar-refractivity contribution in [1.29, 1.82) is 0 Å². The van der Waals surface area contributed by atoms with Crippen LogP contribution in [0.5, 0.6) is 0 Å². The van der Waals surface area contributed by atoms with Gasteiger partial charge >= 0.3 is 5.97 Å². The Bertz CT molecular complexity index is 987. The molecule has 0 saturated heterocycles. The third-order valence-electron chi connectivity index (χ3n) is 3.71. The van der Waals surface area contributed by atoms with Crippen LogP contribution in [0.15, 0.2) is 48.5 Å². The van der Waals surface area contributed by atoms with Gasteiger partial charge in [0.2, 0.25) is 11.0 Å². The second kappa shape index (κ2) is 9.09. The molecule has 1 aromatic heterocycles. The largest absolute Gasteiger partial charge is 0.462 e. The summed E-state index contributed by atoms with van der Waals surface area (Å²) in [6.07, 6.45) is 0.0940. The van der Waals surface area contributed by atoms with Crippen molar-refractivity contribution in [2.45, 2.75) is 20.3 Å². The van der Waals surface area contributed by atoms with Gasteiger partial charge in [-0.1, -0.05) is 29.5 Å². The van der Waals surface area contributed by atoms with Gasteiger partial charge in [-0.25, -0.2) is 4.79 Å². The fourth-order valence-electron chi connectivity index (χ4n) is 2.50. The van der Waals surface area contributed by atoms with Crippen molar-refractivity contribution in [1.82, 2.24) is 10.2 Å². The molecule has 0 atom stereocenters. The standard InChI is InChI=1S/C20H20N4O3S/c1-3-27-19(26)14-7-5-9-16(11-14)21-17(25)12-18-23-24-20(28-18)22-15-8-4-6-13(2)10-15/h4-11H,3,12H2,1-2H3,(H,21,25)(H,22,24). The van der Waals surface area contributed by atoms with Crippen molar-refractivity contribution in [2.24, 2.45) is 0 Å². The second-order valence-corrected chi connectivity index (χ2v) is 7.08. The van der Waals surface area contributed by atoms with Crippen LogP contribution < -0.4 is 10.6 Å². The molecule has 28 heavy (non-hydrogen) atoms. The topological polar surface area (TPSA) is 93.2 Å². The van der Waals surface area contributed by atoms with Crippen LogP contribution in [0, 0.1) is 6.92 Å². The van der Waals surface area contributed by atoms with Crippen molar-refractivity contribution in [3.63, 3.8) is 0 Å². The molecule has 0 fully saturated rings. The highest BCUT2D eigenvalue weighted by Gasteiger charge is 2.12. The maximum absolute atomic E-state index is 12.3. The number of aryl methyl sites for hydroxylation is 1. The van der Waals surface area contributed by atoms with Gasteiger partial charge in [0.25, 0.3) is 0 Å². The molecule has 2 aromatic carbocycles. The Morgan fingerprint density at radius 1 is 1.07 bits per heavy atom. The van der Waals surface area contributed by atoms with E-state index in [9.17, 15) is 9.59 Å². The molecule has 0 aliphatic rings. The van der Waals surface area contributed by atoms with Gasteiger partial charge in [-0.05, 0) is 49.7 Å². The first-order valence-electron chi connectivity index (χ1n) is 8.76. The van der Waals surface area contributed by atoms with Crippen LogP contribution in [0.25, 0.3) is 0 Å². The monoisotopic (exact) mass is 396 g/mol. The smallest absolute Gasteiger partial charge is 0.338 e. The van der Waals surface area contributed by atoms with Crippen LogP contribution >= 0.6 is 11.3 Å². The lowest BCUT2D eigenvalue weighted by Gasteiger charge is -2.06. The maximum Gasteiger partial charge on any atom is 0.338 e. The highest BCUT2D eigenvalue weighted by molar-refractivity contribution is 7.15. The molecular formula is C20H20N4O3S. The Morgan fingerprint density at radius 3 is 2.64 bits per heavy atom. The number of nitrogens with one attached hydrogen (secondary N) is 2. The van der Waals surface area contributed by atoms with Crippen molar-refractivity contribution in [3.05, 3.63) is 64.7 Å². The number of anilines is 3. The lowest BCUT2D eigenvalue weighted by atomic mass is 10.2. The van der Waals surface area contributed by atoms with E-state index >= 15 is 0 Å². The Balaban J connectivity index is 1.59. The Hall–Kier alpha value is -3.26. The van der Waals surface area contributed by atoms with Crippen LogP contribution in [0.4, 0.5) is 16.5 Å². The first-order chi connectivity index (χ1) is 13.5. The fraction of sp³-hybridized carbons (Fsp3) is 0.200. The number of carbonyl (C=O) groups is 2. The third-order valence-corrected chi connectivity index (χ3v) is 4.54. The van der Waals surface area contributed by atoms with Crippen molar-refractivity contribution >= 4 is 39.7 Å². The average molecular weight is 396 g/mol. The number of ether oxygens (including phenoxy) is 1. The van der Waals surface area contributed by atoms with E-state index < -0.39 is 5.97 Å². The summed E-state index contributed by atoms with van der Waals surface area (Å²) in [5.74, 6) is -0.658. The molecule has 0 unspecified atom stereocenters. The van der Waals surface area contributed by atoms with Gasteiger partial charge in [0.15, 0.2) is 0 Å². The fourth-order valence-corrected chi connectivity index (χ4v) is 3.26. The van der Waals surface area contributed by atoms with Crippen LogP contribution in [0.3, 0.4) is 0 Å². The molecule has 0 radical (unpaired) electrons. The summed E-state index contributed by atoms with van der Waals surface area (Å²) in [7, 11) is 0.